The Hall–Kier alpha value is -2.12. The second-order valence-electron chi connectivity index (χ2n) is 8.44. The van der Waals surface area contributed by atoms with Crippen molar-refractivity contribution in [3.05, 3.63) is 35.4 Å². The normalized spacial score (nSPS) is 20.3. The third-order valence-corrected chi connectivity index (χ3v) is 9.94. The van der Waals surface area contributed by atoms with Gasteiger partial charge in [0.05, 0.1) is 0 Å². The second kappa shape index (κ2) is 8.19. The molecule has 1 aliphatic rings. The molecule has 1 heterocycles. The quantitative estimate of drug-likeness (QED) is 0.485. The summed E-state index contributed by atoms with van der Waals surface area (Å²) in [5.74, 6) is 11.2. The molecule has 0 saturated heterocycles. The van der Waals surface area contributed by atoms with Crippen LogP contribution in [0.1, 0.15) is 38.8 Å². The van der Waals surface area contributed by atoms with Gasteiger partial charge in [-0.15, -0.1) is 10.3 Å². The van der Waals surface area contributed by atoms with Gasteiger partial charge in [0.2, 0.25) is 0 Å². The Bertz CT molecular complexity index is 1050. The Labute approximate surface area is 177 Å². The van der Waals surface area contributed by atoms with E-state index in [9.17, 15) is 21.6 Å². The van der Waals surface area contributed by atoms with Gasteiger partial charge in [-0.3, -0.25) is 0 Å². The number of benzene rings is 1. The van der Waals surface area contributed by atoms with Gasteiger partial charge in [-0.2, -0.15) is 26.9 Å². The number of rotatable bonds is 4. The second-order valence-corrected chi connectivity index (χ2v) is 13.2. The molecule has 0 radical (unpaired) electrons. The van der Waals surface area contributed by atoms with Gasteiger partial charge in [0, 0.05) is 39.6 Å². The molecule has 1 aromatic carbocycles. The molecule has 162 valence electrons. The monoisotopic (exact) mass is 457 g/mol. The molecular weight excluding hydrogens is 435 g/mol. The Kier molecular flexibility index (Phi) is 6.60. The van der Waals surface area contributed by atoms with Gasteiger partial charge in [0.25, 0.3) is 0 Å². The maximum atomic E-state index is 13.2. The lowest BCUT2D eigenvalue weighted by molar-refractivity contribution is -0.0496. The van der Waals surface area contributed by atoms with Crippen LogP contribution in [0.3, 0.4) is 0 Å². The molecule has 2 rings (SSSR count). The molecule has 0 fully saturated rings. The molecule has 0 saturated carbocycles. The van der Waals surface area contributed by atoms with Crippen molar-refractivity contribution in [3.8, 4) is 29.8 Å². The Morgan fingerprint density at radius 1 is 1.10 bits per heavy atom. The molecule has 9 heteroatoms. The average Bonchev–Trinajstić information content (AvgIpc) is 2.65. The Morgan fingerprint density at radius 3 is 2.03 bits per heavy atom. The molecule has 0 aliphatic carbocycles. The average molecular weight is 458 g/mol. The predicted molar refractivity (Wildman–Crippen MR) is 111 cm³/mol. The summed E-state index contributed by atoms with van der Waals surface area (Å²) >= 11 is 0. The minimum atomic E-state index is -5.79. The number of hydrogen-bond acceptors (Lipinski definition) is 4. The van der Waals surface area contributed by atoms with Crippen LogP contribution in [0, 0.1) is 45.8 Å². The fraction of sp³-hybridized carbons (Fsp3) is 0.476. The minimum absolute atomic E-state index is 0.0183. The highest BCUT2D eigenvalue weighted by molar-refractivity contribution is 8.32. The highest BCUT2D eigenvalue weighted by atomic mass is 32.3. The van der Waals surface area contributed by atoms with Gasteiger partial charge >= 0.3 is 15.6 Å². The van der Waals surface area contributed by atoms with Crippen LogP contribution in [0.2, 0.25) is 0 Å². The van der Waals surface area contributed by atoms with Gasteiger partial charge in [-0.05, 0) is 45.4 Å². The summed E-state index contributed by atoms with van der Waals surface area (Å²) in [7, 11) is -8.58. The van der Waals surface area contributed by atoms with E-state index in [2.05, 4.69) is 23.7 Å². The standard InChI is InChI=1S/C21H22F3NO3S2/c1-19(2)11-12-20(3,4)16-29(15-19,28-30(26,27)21(22,23)24)14-18-9-7-17(8-10-18)6-5-13-25/h7-10H,14-16H2,1-4H3. The summed E-state index contributed by atoms with van der Waals surface area (Å²) < 4.78 is 68.6. The van der Waals surface area contributed by atoms with E-state index in [1.54, 1.807) is 58.0 Å². The van der Waals surface area contributed by atoms with E-state index in [-0.39, 0.29) is 17.3 Å². The molecular formula is C21H22F3NO3S2. The maximum absolute atomic E-state index is 13.2. The van der Waals surface area contributed by atoms with Crippen LogP contribution in [0.25, 0.3) is 0 Å². The van der Waals surface area contributed by atoms with Crippen molar-refractivity contribution in [2.45, 2.75) is 39.0 Å². The number of nitriles is 1. The summed E-state index contributed by atoms with van der Waals surface area (Å²) in [6, 6.07) is 8.29. The van der Waals surface area contributed by atoms with Crippen LogP contribution in [0.15, 0.2) is 24.3 Å². The van der Waals surface area contributed by atoms with Crippen LogP contribution in [0.5, 0.6) is 0 Å². The molecule has 0 amide bonds. The fourth-order valence-electron chi connectivity index (χ4n) is 3.27. The molecule has 1 aromatic rings. The van der Waals surface area contributed by atoms with Gasteiger partial charge in [-0.25, -0.2) is 3.63 Å². The van der Waals surface area contributed by atoms with Crippen LogP contribution < -0.4 is 0 Å². The first-order valence-electron chi connectivity index (χ1n) is 8.91. The lowest BCUT2D eigenvalue weighted by Crippen LogP contribution is -2.34. The number of alkyl halides is 3. The maximum Gasteiger partial charge on any atom is 0.523 e. The van der Waals surface area contributed by atoms with E-state index in [0.29, 0.717) is 11.1 Å². The Morgan fingerprint density at radius 2 is 1.60 bits per heavy atom. The first-order chi connectivity index (χ1) is 13.6. The van der Waals surface area contributed by atoms with E-state index in [1.807, 2.05) is 0 Å². The third-order valence-electron chi connectivity index (χ3n) is 4.15. The van der Waals surface area contributed by atoms with E-state index in [1.165, 1.54) is 0 Å². The molecule has 0 spiro atoms. The van der Waals surface area contributed by atoms with Crippen molar-refractivity contribution in [1.29, 1.82) is 5.26 Å². The van der Waals surface area contributed by atoms with Crippen molar-refractivity contribution >= 4 is 20.4 Å². The van der Waals surface area contributed by atoms with E-state index in [0.717, 1.165) is 0 Å². The van der Waals surface area contributed by atoms with Gasteiger partial charge in [0.1, 0.15) is 0 Å². The first kappa shape index (κ1) is 24.2. The zero-order valence-electron chi connectivity index (χ0n) is 17.1. The largest absolute Gasteiger partial charge is 0.523 e. The van der Waals surface area contributed by atoms with Crippen LogP contribution in [0.4, 0.5) is 13.2 Å². The summed E-state index contributed by atoms with van der Waals surface area (Å²) in [6.45, 7) is 7.08. The lowest BCUT2D eigenvalue weighted by atomic mass is 9.92. The molecule has 0 unspecified atom stereocenters. The van der Waals surface area contributed by atoms with Crippen molar-refractivity contribution in [2.24, 2.45) is 10.8 Å². The molecule has 4 nitrogen and oxygen atoms in total. The number of hydrogen-bond donors (Lipinski definition) is 0. The van der Waals surface area contributed by atoms with Crippen molar-refractivity contribution < 1.29 is 25.2 Å². The highest BCUT2D eigenvalue weighted by Gasteiger charge is 2.53. The summed E-state index contributed by atoms with van der Waals surface area (Å²) in [5.41, 5.74) is -5.76. The molecule has 0 N–H and O–H groups in total. The van der Waals surface area contributed by atoms with Crippen LogP contribution in [-0.2, 0) is 19.5 Å². The van der Waals surface area contributed by atoms with Crippen molar-refractivity contribution in [1.82, 2.24) is 0 Å². The van der Waals surface area contributed by atoms with Gasteiger partial charge in [-0.1, -0.05) is 29.9 Å². The van der Waals surface area contributed by atoms with E-state index in [4.69, 9.17) is 8.89 Å². The van der Waals surface area contributed by atoms with E-state index >= 15 is 0 Å². The molecule has 1 aliphatic heterocycles. The number of halogens is 3. The first-order valence-corrected chi connectivity index (χ1v) is 12.4. The minimum Gasteiger partial charge on any atom is -0.213 e. The fourth-order valence-corrected chi connectivity index (χ4v) is 9.55. The summed E-state index contributed by atoms with van der Waals surface area (Å²) in [4.78, 5) is 0. The topological polar surface area (TPSA) is 67.2 Å². The highest BCUT2D eigenvalue weighted by Crippen LogP contribution is 2.61. The Balaban J connectivity index is 2.53. The zero-order valence-corrected chi connectivity index (χ0v) is 18.7. The van der Waals surface area contributed by atoms with E-state index < -0.39 is 36.8 Å². The zero-order chi connectivity index (χ0) is 22.8. The van der Waals surface area contributed by atoms with Crippen molar-refractivity contribution in [2.75, 3.05) is 11.5 Å². The molecule has 0 bridgehead atoms. The predicted octanol–water partition coefficient (Wildman–Crippen LogP) is 4.72. The molecule has 0 atom stereocenters. The SMILES string of the molecule is CC1(C)C#CC(C)(C)CS(Cc2ccc(C#CC#N)cc2)(OS(=O)(=O)C(F)(F)F)C1. The molecule has 0 aromatic heterocycles. The third kappa shape index (κ3) is 6.19. The van der Waals surface area contributed by atoms with Crippen LogP contribution in [-0.4, -0.2) is 25.4 Å². The van der Waals surface area contributed by atoms with Gasteiger partial charge in [0.15, 0.2) is 6.07 Å². The summed E-state index contributed by atoms with van der Waals surface area (Å²) in [5, 5.41) is 8.53. The van der Waals surface area contributed by atoms with Crippen molar-refractivity contribution in [3.63, 3.8) is 0 Å². The lowest BCUT2D eigenvalue weighted by Gasteiger charge is -2.43. The molecule has 30 heavy (non-hydrogen) atoms. The smallest absolute Gasteiger partial charge is 0.213 e. The van der Waals surface area contributed by atoms with Gasteiger partial charge < -0.3 is 0 Å². The number of nitrogens with zero attached hydrogens (tertiary/aromatic N) is 1. The summed E-state index contributed by atoms with van der Waals surface area (Å²) in [6.07, 6.45) is 0. The van der Waals surface area contributed by atoms with Crippen LogP contribution >= 0.6 is 10.3 Å².